The minimum absolute atomic E-state index is 0.114. The maximum absolute atomic E-state index is 12.7. The molecule has 2 aliphatic rings. The second-order valence-corrected chi connectivity index (χ2v) is 25.6. The average Bonchev–Trinajstić information content (AvgIpc) is 3.32. The zero-order chi connectivity index (χ0) is 56.3. The van der Waals surface area contributed by atoms with Gasteiger partial charge in [0.1, 0.15) is 31.3 Å². The van der Waals surface area contributed by atoms with Crippen molar-refractivity contribution in [2.75, 3.05) is 59.5 Å². The molecule has 2 N–H and O–H groups in total. The van der Waals surface area contributed by atoms with Crippen molar-refractivity contribution in [1.29, 1.82) is 0 Å². The van der Waals surface area contributed by atoms with Crippen molar-refractivity contribution in [3.05, 3.63) is 92.0 Å². The zero-order valence-corrected chi connectivity index (χ0v) is 49.1. The molecular formula is C62H94O13. The first kappa shape index (κ1) is 63.0. The van der Waals surface area contributed by atoms with E-state index in [1.165, 1.54) is 22.3 Å². The van der Waals surface area contributed by atoms with Gasteiger partial charge in [0.2, 0.25) is 0 Å². The molecule has 0 aromatic heterocycles. The Morgan fingerprint density at radius 2 is 0.840 bits per heavy atom. The van der Waals surface area contributed by atoms with E-state index in [9.17, 15) is 24.6 Å². The van der Waals surface area contributed by atoms with Gasteiger partial charge < -0.3 is 48.1 Å². The van der Waals surface area contributed by atoms with Gasteiger partial charge in [0, 0.05) is 36.7 Å². The first-order valence-electron chi connectivity index (χ1n) is 27.0. The minimum Gasteiger partial charge on any atom is -0.507 e. The zero-order valence-electron chi connectivity index (χ0n) is 49.1. The Balaban J connectivity index is 0.000000462. The first-order valence-corrected chi connectivity index (χ1v) is 27.0. The molecule has 0 atom stereocenters. The molecule has 75 heavy (non-hydrogen) atoms. The predicted molar refractivity (Wildman–Crippen MR) is 293 cm³/mol. The number of carbonyl (C=O) groups excluding carboxylic acids is 3. The second-order valence-electron chi connectivity index (χ2n) is 25.6. The van der Waals surface area contributed by atoms with Crippen LogP contribution in [0.1, 0.15) is 172 Å². The summed E-state index contributed by atoms with van der Waals surface area (Å²) in [6, 6.07) is 12.2. The molecule has 420 valence electrons. The van der Waals surface area contributed by atoms with Crippen molar-refractivity contribution in [3.63, 3.8) is 0 Å². The second kappa shape index (κ2) is 26.2. The summed E-state index contributed by atoms with van der Waals surface area (Å²) < 4.78 is 46.4. The highest BCUT2D eigenvalue weighted by molar-refractivity contribution is 5.71. The van der Waals surface area contributed by atoms with Crippen molar-refractivity contribution in [3.8, 4) is 11.5 Å². The summed E-state index contributed by atoms with van der Waals surface area (Å²) in [6.45, 7) is 40.0. The molecule has 0 aliphatic carbocycles. The highest BCUT2D eigenvalue weighted by Gasteiger charge is 2.48. The van der Waals surface area contributed by atoms with Crippen molar-refractivity contribution < 1.29 is 62.5 Å². The normalized spacial score (nSPS) is 18.5. The number of ether oxygens (including phenoxy) is 8. The average molecular weight is 1050 g/mol. The van der Waals surface area contributed by atoms with Gasteiger partial charge in [-0.25, -0.2) is 0 Å². The number of phenolic OH excluding ortho intramolecular Hbond substituents is 2. The van der Waals surface area contributed by atoms with Crippen molar-refractivity contribution in [2.45, 2.75) is 192 Å². The summed E-state index contributed by atoms with van der Waals surface area (Å²) in [5, 5.41) is 21.0. The van der Waals surface area contributed by atoms with E-state index >= 15 is 0 Å². The van der Waals surface area contributed by atoms with Gasteiger partial charge in [-0.15, -0.1) is 0 Å². The van der Waals surface area contributed by atoms with Crippen LogP contribution >= 0.6 is 0 Å². The molecule has 2 heterocycles. The molecule has 3 aromatic carbocycles. The van der Waals surface area contributed by atoms with Gasteiger partial charge in [-0.3, -0.25) is 14.4 Å². The van der Waals surface area contributed by atoms with Gasteiger partial charge >= 0.3 is 17.9 Å². The van der Waals surface area contributed by atoms with E-state index in [0.29, 0.717) is 77.0 Å². The molecule has 2 saturated heterocycles. The fourth-order valence-corrected chi connectivity index (χ4v) is 9.24. The number of carbonyl (C=O) groups is 3. The van der Waals surface area contributed by atoms with Crippen LogP contribution < -0.4 is 0 Å². The van der Waals surface area contributed by atoms with Crippen LogP contribution in [-0.2, 0) is 87.8 Å². The first-order chi connectivity index (χ1) is 34.7. The van der Waals surface area contributed by atoms with E-state index in [1.807, 2.05) is 72.7 Å². The van der Waals surface area contributed by atoms with Gasteiger partial charge in [-0.2, -0.15) is 0 Å². The SMILES string of the molecule is CCOCCOC(=O)CCc1cc(C)c(C)c(C(C)(C)C)c1.Cc1cc(CCC(=O)OCC(C)(C)C2OCC3(CO2)COC(C(C)(C)COC(=O)CCc2cc(C)c(O)c(C(C)(C)C)c2)OC3)cc(C(C)(C)C)c1O. The van der Waals surface area contributed by atoms with E-state index in [2.05, 4.69) is 88.3 Å². The van der Waals surface area contributed by atoms with E-state index in [-0.39, 0.29) is 60.2 Å². The Bertz CT molecular complexity index is 2250. The standard InChI is InChI=1S/C43H64O10.C19H30O3/c1-27-17-29(19-31(35(27)46)39(3,4)5)13-15-33(44)48-21-41(9,10)37-50-23-43(24-51-37)25-52-38(53-26-43)42(11,12)22-49-34(45)16-14-30-18-28(2)36(47)32(20-30)40(6,7)8;1-7-21-10-11-22-18(20)9-8-16-12-14(2)15(3)17(13-16)19(4,5)6/h17-20,37-38,46-47H,13-16,21-26H2,1-12H3;12-13H,7-11H2,1-6H3. The van der Waals surface area contributed by atoms with Crippen LogP contribution in [0.4, 0.5) is 0 Å². The fraction of sp³-hybridized carbons (Fsp3) is 0.661. The van der Waals surface area contributed by atoms with E-state index < -0.39 is 28.8 Å². The van der Waals surface area contributed by atoms with Crippen LogP contribution in [0, 0.1) is 43.9 Å². The Hall–Kier alpha value is -4.53. The lowest BCUT2D eigenvalue weighted by atomic mass is 9.81. The number of esters is 3. The number of phenols is 2. The number of benzene rings is 3. The Morgan fingerprint density at radius 1 is 0.507 bits per heavy atom. The van der Waals surface area contributed by atoms with Crippen molar-refractivity contribution >= 4 is 17.9 Å². The van der Waals surface area contributed by atoms with Crippen LogP contribution in [0.15, 0.2) is 36.4 Å². The molecule has 0 saturated carbocycles. The van der Waals surface area contributed by atoms with Gasteiger partial charge in [0.25, 0.3) is 0 Å². The summed E-state index contributed by atoms with van der Waals surface area (Å²) in [5.41, 5.74) is 8.50. The molecule has 2 fully saturated rings. The fourth-order valence-electron chi connectivity index (χ4n) is 9.24. The maximum Gasteiger partial charge on any atom is 0.306 e. The van der Waals surface area contributed by atoms with E-state index in [4.69, 9.17) is 37.9 Å². The summed E-state index contributed by atoms with van der Waals surface area (Å²) >= 11 is 0. The Kier molecular flexibility index (Phi) is 22.0. The molecule has 0 radical (unpaired) electrons. The lowest BCUT2D eigenvalue weighted by Crippen LogP contribution is -2.57. The summed E-state index contributed by atoms with van der Waals surface area (Å²) in [7, 11) is 0. The van der Waals surface area contributed by atoms with Crippen molar-refractivity contribution in [1.82, 2.24) is 0 Å². The lowest BCUT2D eigenvalue weighted by molar-refractivity contribution is -0.337. The van der Waals surface area contributed by atoms with E-state index in [1.54, 1.807) is 0 Å². The molecule has 1 spiro atoms. The quantitative estimate of drug-likeness (QED) is 0.0662. The smallest absolute Gasteiger partial charge is 0.306 e. The molecule has 2 aliphatic heterocycles. The molecule has 13 heteroatoms. The van der Waals surface area contributed by atoms with Crippen LogP contribution in [-0.4, -0.2) is 100 Å². The van der Waals surface area contributed by atoms with Crippen LogP contribution in [0.3, 0.4) is 0 Å². The highest BCUT2D eigenvalue weighted by Crippen LogP contribution is 2.40. The number of aromatic hydroxyl groups is 2. The van der Waals surface area contributed by atoms with Gasteiger partial charge in [-0.1, -0.05) is 126 Å². The topological polar surface area (TPSA) is 166 Å². The predicted octanol–water partition coefficient (Wildman–Crippen LogP) is 11.9. The van der Waals surface area contributed by atoms with Crippen molar-refractivity contribution in [2.24, 2.45) is 16.2 Å². The summed E-state index contributed by atoms with van der Waals surface area (Å²) in [5.74, 6) is -0.155. The molecule has 13 nitrogen and oxygen atoms in total. The van der Waals surface area contributed by atoms with Crippen LogP contribution in [0.2, 0.25) is 0 Å². The van der Waals surface area contributed by atoms with Crippen LogP contribution in [0.5, 0.6) is 11.5 Å². The molecule has 0 amide bonds. The summed E-state index contributed by atoms with van der Waals surface area (Å²) in [6.07, 6.45) is 1.47. The Morgan fingerprint density at radius 3 is 1.19 bits per heavy atom. The third-order valence-corrected chi connectivity index (χ3v) is 14.1. The van der Waals surface area contributed by atoms with Gasteiger partial charge in [0.05, 0.1) is 38.4 Å². The molecule has 3 aromatic rings. The molecule has 0 bridgehead atoms. The third-order valence-electron chi connectivity index (χ3n) is 14.1. The number of rotatable bonds is 19. The third kappa shape index (κ3) is 18.6. The number of hydrogen-bond donors (Lipinski definition) is 2. The lowest BCUT2D eigenvalue weighted by Gasteiger charge is -2.48. The maximum atomic E-state index is 12.7. The Labute approximate surface area is 450 Å². The molecular weight excluding hydrogens is 953 g/mol. The monoisotopic (exact) mass is 1050 g/mol. The van der Waals surface area contributed by atoms with Gasteiger partial charge in [0.15, 0.2) is 12.6 Å². The molecule has 0 unspecified atom stereocenters. The van der Waals surface area contributed by atoms with E-state index in [0.717, 1.165) is 39.8 Å². The van der Waals surface area contributed by atoms with Gasteiger partial charge in [-0.05, 0) is 126 Å². The highest BCUT2D eigenvalue weighted by atomic mass is 16.7. The minimum atomic E-state index is -0.591. The number of hydrogen-bond acceptors (Lipinski definition) is 13. The molecule has 5 rings (SSSR count). The number of aryl methyl sites for hydroxylation is 6. The largest absolute Gasteiger partial charge is 0.507 e. The van der Waals surface area contributed by atoms with Crippen LogP contribution in [0.25, 0.3) is 0 Å². The summed E-state index contributed by atoms with van der Waals surface area (Å²) in [4.78, 5) is 37.2.